The molecule has 0 saturated heterocycles. The van der Waals surface area contributed by atoms with E-state index >= 15 is 0 Å². The lowest BCUT2D eigenvalue weighted by molar-refractivity contribution is 0.489. The smallest absolute Gasteiger partial charge is 0.256 e. The minimum absolute atomic E-state index is 0.0700. The summed E-state index contributed by atoms with van der Waals surface area (Å²) in [6.45, 7) is 13.5. The highest BCUT2D eigenvalue weighted by atomic mass is 32.2. The van der Waals surface area contributed by atoms with Crippen molar-refractivity contribution in [2.24, 2.45) is 0 Å². The van der Waals surface area contributed by atoms with Crippen LogP contribution < -0.4 is 0 Å². The highest BCUT2D eigenvalue weighted by Crippen LogP contribution is 2.37. The number of hydrogen-bond acceptors (Lipinski definition) is 4. The Morgan fingerprint density at radius 3 is 2.11 bits per heavy atom. The Labute approximate surface area is 172 Å². The molecule has 0 amide bonds. The van der Waals surface area contributed by atoms with Gasteiger partial charge in [-0.15, -0.1) is 12.6 Å². The Kier molecular flexibility index (Phi) is 5.69. The molecule has 2 aromatic carbocycles. The molecular weight excluding hydrogens is 370 g/mol. The predicted molar refractivity (Wildman–Crippen MR) is 120 cm³/mol. The van der Waals surface area contributed by atoms with E-state index in [1.165, 1.54) is 16.7 Å². The van der Waals surface area contributed by atoms with Gasteiger partial charge in [0.05, 0.1) is 0 Å². The Morgan fingerprint density at radius 1 is 0.963 bits per heavy atom. The van der Waals surface area contributed by atoms with Crippen LogP contribution >= 0.6 is 24.4 Å². The number of thioether (sulfide) groups is 1. The Balaban J connectivity index is 1.81. The first-order valence-electron chi connectivity index (χ1n) is 9.41. The van der Waals surface area contributed by atoms with Crippen molar-refractivity contribution in [2.75, 3.05) is 5.75 Å². The molecule has 0 unspecified atom stereocenters. The van der Waals surface area contributed by atoms with E-state index in [4.69, 9.17) is 17.0 Å². The van der Waals surface area contributed by atoms with Gasteiger partial charge in [0.1, 0.15) is 5.52 Å². The fourth-order valence-corrected chi connectivity index (χ4v) is 4.77. The molecule has 0 radical (unpaired) electrons. The molecule has 144 valence electrons. The van der Waals surface area contributed by atoms with Crippen LogP contribution in [0.5, 0.6) is 0 Å². The average molecular weight is 400 g/mol. The highest BCUT2D eigenvalue weighted by Gasteiger charge is 2.25. The Bertz CT molecular complexity index is 877. The van der Waals surface area contributed by atoms with Gasteiger partial charge < -0.3 is 4.42 Å². The minimum Gasteiger partial charge on any atom is -0.431 e. The molecule has 0 N–H and O–H groups in total. The molecule has 0 atom stereocenters. The van der Waals surface area contributed by atoms with Gasteiger partial charge in [0, 0.05) is 10.6 Å². The number of thiol groups is 1. The second-order valence-electron chi connectivity index (χ2n) is 9.09. The Morgan fingerprint density at radius 2 is 1.56 bits per heavy atom. The molecule has 0 fully saturated rings. The summed E-state index contributed by atoms with van der Waals surface area (Å²) in [4.78, 5) is 5.69. The Hall–Kier alpha value is -1.39. The van der Waals surface area contributed by atoms with Crippen LogP contribution in [-0.4, -0.2) is 10.7 Å². The van der Waals surface area contributed by atoms with E-state index in [1.54, 1.807) is 11.8 Å². The molecular formula is C23H29NOS2. The van der Waals surface area contributed by atoms with Crippen LogP contribution in [0.3, 0.4) is 0 Å². The van der Waals surface area contributed by atoms with E-state index < -0.39 is 0 Å². The van der Waals surface area contributed by atoms with Gasteiger partial charge in [0.25, 0.3) is 5.22 Å². The van der Waals surface area contributed by atoms with Crippen LogP contribution in [0.15, 0.2) is 50.9 Å². The van der Waals surface area contributed by atoms with Crippen LogP contribution in [0.4, 0.5) is 0 Å². The maximum absolute atomic E-state index is 5.82. The minimum atomic E-state index is 0.0700. The van der Waals surface area contributed by atoms with Gasteiger partial charge in [-0.25, -0.2) is 4.98 Å². The molecule has 1 heterocycles. The van der Waals surface area contributed by atoms with Crippen LogP contribution in [0.1, 0.15) is 58.2 Å². The summed E-state index contributed by atoms with van der Waals surface area (Å²) in [5.41, 5.74) is 5.90. The maximum Gasteiger partial charge on any atom is 0.256 e. The van der Waals surface area contributed by atoms with Gasteiger partial charge in [0.2, 0.25) is 0 Å². The quantitative estimate of drug-likeness (QED) is 0.376. The summed E-state index contributed by atoms with van der Waals surface area (Å²) < 4.78 is 5.82. The third-order valence-electron chi connectivity index (χ3n) is 4.68. The molecule has 0 bridgehead atoms. The lowest BCUT2D eigenvalue weighted by atomic mass is 9.79. The summed E-state index contributed by atoms with van der Waals surface area (Å²) in [7, 11) is 0. The molecule has 0 spiro atoms. The standard InChI is InChI=1S/C23H29NOS2/c1-22(2,3)16-13-15(14-17(20(16)26)23(4,5)6)11-12-27-21-24-18-9-7-8-10-19(18)25-21/h7-10,13-14,26H,11-12H2,1-6H3. The predicted octanol–water partition coefficient (Wildman–Crippen LogP) is 7.05. The van der Waals surface area contributed by atoms with Crippen LogP contribution in [0.2, 0.25) is 0 Å². The zero-order valence-corrected chi connectivity index (χ0v) is 18.8. The molecule has 1 aromatic heterocycles. The lowest BCUT2D eigenvalue weighted by Crippen LogP contribution is -2.19. The molecule has 3 aromatic rings. The number of aromatic nitrogens is 1. The highest BCUT2D eigenvalue weighted by molar-refractivity contribution is 7.99. The average Bonchev–Trinajstić information content (AvgIpc) is 2.96. The van der Waals surface area contributed by atoms with E-state index in [2.05, 4.69) is 58.7 Å². The molecule has 2 nitrogen and oxygen atoms in total. The van der Waals surface area contributed by atoms with Crippen molar-refractivity contribution >= 4 is 35.5 Å². The molecule has 0 aliphatic heterocycles. The molecule has 3 rings (SSSR count). The van der Waals surface area contributed by atoms with Crippen LogP contribution in [0, 0.1) is 0 Å². The van der Waals surface area contributed by atoms with Gasteiger partial charge in [-0.3, -0.25) is 0 Å². The topological polar surface area (TPSA) is 26.0 Å². The molecule has 0 aliphatic carbocycles. The van der Waals surface area contributed by atoms with E-state index in [9.17, 15) is 0 Å². The summed E-state index contributed by atoms with van der Waals surface area (Å²) in [5.74, 6) is 0.936. The van der Waals surface area contributed by atoms with Crippen molar-refractivity contribution in [2.45, 2.75) is 68.9 Å². The number of fused-ring (bicyclic) bond motifs is 1. The first kappa shape index (κ1) is 20.3. The molecule has 0 saturated carbocycles. The van der Waals surface area contributed by atoms with E-state index in [-0.39, 0.29) is 10.8 Å². The number of aryl methyl sites for hydroxylation is 1. The zero-order valence-electron chi connectivity index (χ0n) is 17.1. The number of oxazole rings is 1. The third kappa shape index (κ3) is 4.72. The molecule has 4 heteroatoms. The fraction of sp³-hybridized carbons (Fsp3) is 0.435. The van der Waals surface area contributed by atoms with Crippen LogP contribution in [0.25, 0.3) is 11.1 Å². The van der Waals surface area contributed by atoms with Gasteiger partial charge in [-0.2, -0.15) is 0 Å². The van der Waals surface area contributed by atoms with Gasteiger partial charge in [-0.05, 0) is 46.1 Å². The number of benzene rings is 2. The maximum atomic E-state index is 5.82. The summed E-state index contributed by atoms with van der Waals surface area (Å²) in [6, 6.07) is 12.6. The van der Waals surface area contributed by atoms with Gasteiger partial charge in [-0.1, -0.05) is 77.6 Å². The first-order valence-corrected chi connectivity index (χ1v) is 10.8. The van der Waals surface area contributed by atoms with Gasteiger partial charge in [0.15, 0.2) is 5.58 Å². The van der Waals surface area contributed by atoms with Gasteiger partial charge >= 0.3 is 0 Å². The van der Waals surface area contributed by atoms with Crippen molar-refractivity contribution in [3.05, 3.63) is 53.1 Å². The van der Waals surface area contributed by atoms with E-state index in [1.807, 2.05) is 24.3 Å². The fourth-order valence-electron chi connectivity index (χ4n) is 3.15. The lowest BCUT2D eigenvalue weighted by Gasteiger charge is -2.29. The summed E-state index contributed by atoms with van der Waals surface area (Å²) in [6.07, 6.45) is 0.976. The second kappa shape index (κ2) is 7.56. The van der Waals surface area contributed by atoms with Crippen LogP contribution in [-0.2, 0) is 17.3 Å². The molecule has 0 aliphatic rings. The number of nitrogens with zero attached hydrogens (tertiary/aromatic N) is 1. The monoisotopic (exact) mass is 399 g/mol. The first-order chi connectivity index (χ1) is 12.6. The van der Waals surface area contributed by atoms with Crippen molar-refractivity contribution in [1.82, 2.24) is 4.98 Å². The number of hydrogen-bond donors (Lipinski definition) is 1. The largest absolute Gasteiger partial charge is 0.431 e. The zero-order chi connectivity index (χ0) is 19.8. The van der Waals surface area contributed by atoms with Crippen molar-refractivity contribution < 1.29 is 4.42 Å². The van der Waals surface area contributed by atoms with E-state index in [0.29, 0.717) is 0 Å². The number of rotatable bonds is 4. The third-order valence-corrected chi connectivity index (χ3v) is 5.99. The normalized spacial score (nSPS) is 12.7. The van der Waals surface area contributed by atoms with Crippen molar-refractivity contribution in [3.63, 3.8) is 0 Å². The van der Waals surface area contributed by atoms with Crippen molar-refractivity contribution in [3.8, 4) is 0 Å². The summed E-state index contributed by atoms with van der Waals surface area (Å²) in [5, 5.41) is 0.745. The number of para-hydroxylation sites is 2. The van der Waals surface area contributed by atoms with Crippen molar-refractivity contribution in [1.29, 1.82) is 0 Å². The SMILES string of the molecule is CC(C)(C)c1cc(CCSc2nc3ccccc3o2)cc(C(C)(C)C)c1S. The second-order valence-corrected chi connectivity index (χ2v) is 10.6. The van der Waals surface area contributed by atoms with E-state index in [0.717, 1.165) is 33.4 Å². The molecule has 27 heavy (non-hydrogen) atoms. The summed E-state index contributed by atoms with van der Waals surface area (Å²) >= 11 is 6.57.